The number of halogens is 1. The minimum Gasteiger partial charge on any atom is -0.327 e. The van der Waals surface area contributed by atoms with E-state index in [1.807, 2.05) is 12.1 Å². The maximum atomic E-state index is 12.8. The standard InChI is InChI=1S/C18H20FNS/c19-16-6-8-18(9-7-16)21-12-17(20)11-13-4-5-14-2-1-3-15(14)10-13/h4-10,17H,1-3,11-12,20H2. The van der Waals surface area contributed by atoms with Gasteiger partial charge in [0.2, 0.25) is 0 Å². The van der Waals surface area contributed by atoms with Gasteiger partial charge in [0.05, 0.1) is 0 Å². The molecule has 1 atom stereocenters. The van der Waals surface area contributed by atoms with Crippen LogP contribution in [0.4, 0.5) is 4.39 Å². The number of rotatable bonds is 5. The Kier molecular flexibility index (Phi) is 4.61. The van der Waals surface area contributed by atoms with Crippen LogP contribution in [0, 0.1) is 5.82 Å². The molecule has 0 amide bonds. The molecule has 0 saturated carbocycles. The summed E-state index contributed by atoms with van der Waals surface area (Å²) < 4.78 is 12.8. The summed E-state index contributed by atoms with van der Waals surface area (Å²) in [5.41, 5.74) is 10.6. The van der Waals surface area contributed by atoms with Crippen molar-refractivity contribution in [3.8, 4) is 0 Å². The normalized spacial score (nSPS) is 15.0. The third-order valence-corrected chi connectivity index (χ3v) is 5.14. The van der Waals surface area contributed by atoms with Crippen LogP contribution >= 0.6 is 11.8 Å². The lowest BCUT2D eigenvalue weighted by Gasteiger charge is -2.12. The van der Waals surface area contributed by atoms with E-state index >= 15 is 0 Å². The van der Waals surface area contributed by atoms with Crippen LogP contribution in [0.15, 0.2) is 47.4 Å². The molecule has 0 aliphatic heterocycles. The molecule has 1 unspecified atom stereocenters. The Morgan fingerprint density at radius 2 is 1.81 bits per heavy atom. The average molecular weight is 301 g/mol. The van der Waals surface area contributed by atoms with Crippen molar-refractivity contribution in [1.82, 2.24) is 0 Å². The predicted octanol–water partition coefficient (Wildman–Crippen LogP) is 3.98. The van der Waals surface area contributed by atoms with Crippen molar-refractivity contribution in [2.75, 3.05) is 5.75 Å². The van der Waals surface area contributed by atoms with E-state index in [2.05, 4.69) is 18.2 Å². The Morgan fingerprint density at radius 1 is 1.05 bits per heavy atom. The predicted molar refractivity (Wildman–Crippen MR) is 87.3 cm³/mol. The third-order valence-electron chi connectivity index (χ3n) is 3.94. The SMILES string of the molecule is NC(CSc1ccc(F)cc1)Cc1ccc2c(c1)CCC2. The molecular weight excluding hydrogens is 281 g/mol. The first kappa shape index (κ1) is 14.6. The van der Waals surface area contributed by atoms with E-state index in [-0.39, 0.29) is 11.9 Å². The summed E-state index contributed by atoms with van der Waals surface area (Å²) in [6.07, 6.45) is 4.62. The van der Waals surface area contributed by atoms with Crippen LogP contribution in [-0.2, 0) is 19.3 Å². The number of aryl methyl sites for hydroxylation is 2. The van der Waals surface area contributed by atoms with Crippen molar-refractivity contribution in [2.45, 2.75) is 36.6 Å². The minimum absolute atomic E-state index is 0.125. The van der Waals surface area contributed by atoms with E-state index in [0.717, 1.165) is 17.1 Å². The monoisotopic (exact) mass is 301 g/mol. The molecule has 2 N–H and O–H groups in total. The second-order valence-electron chi connectivity index (χ2n) is 5.69. The van der Waals surface area contributed by atoms with Crippen molar-refractivity contribution >= 4 is 11.8 Å². The fraction of sp³-hybridized carbons (Fsp3) is 0.333. The maximum Gasteiger partial charge on any atom is 0.123 e. The molecule has 110 valence electrons. The van der Waals surface area contributed by atoms with Gasteiger partial charge in [0.15, 0.2) is 0 Å². The third kappa shape index (κ3) is 3.86. The van der Waals surface area contributed by atoms with Gasteiger partial charge >= 0.3 is 0 Å². The van der Waals surface area contributed by atoms with E-state index in [1.165, 1.54) is 48.1 Å². The maximum absolute atomic E-state index is 12.8. The molecule has 2 aromatic rings. The quantitative estimate of drug-likeness (QED) is 0.846. The zero-order valence-electron chi connectivity index (χ0n) is 12.0. The molecule has 1 aliphatic carbocycles. The van der Waals surface area contributed by atoms with Crippen LogP contribution < -0.4 is 5.73 Å². The average Bonchev–Trinajstić information content (AvgIpc) is 2.94. The first-order valence-electron chi connectivity index (χ1n) is 7.45. The number of thioether (sulfide) groups is 1. The molecule has 0 radical (unpaired) electrons. The summed E-state index contributed by atoms with van der Waals surface area (Å²) in [4.78, 5) is 1.07. The van der Waals surface area contributed by atoms with Gasteiger partial charge in [0.1, 0.15) is 5.82 Å². The number of hydrogen-bond donors (Lipinski definition) is 1. The molecular formula is C18H20FNS. The highest BCUT2D eigenvalue weighted by molar-refractivity contribution is 7.99. The lowest BCUT2D eigenvalue weighted by molar-refractivity contribution is 0.626. The smallest absolute Gasteiger partial charge is 0.123 e. The first-order chi connectivity index (χ1) is 10.2. The molecule has 2 aromatic carbocycles. The molecule has 3 rings (SSSR count). The van der Waals surface area contributed by atoms with Crippen LogP contribution in [0.3, 0.4) is 0 Å². The molecule has 0 spiro atoms. The van der Waals surface area contributed by atoms with Gasteiger partial charge in [-0.3, -0.25) is 0 Å². The summed E-state index contributed by atoms with van der Waals surface area (Å²) >= 11 is 1.69. The van der Waals surface area contributed by atoms with Crippen molar-refractivity contribution in [2.24, 2.45) is 5.73 Å². The molecule has 1 nitrogen and oxygen atoms in total. The molecule has 1 aliphatic rings. The lowest BCUT2D eigenvalue weighted by Crippen LogP contribution is -2.25. The fourth-order valence-electron chi connectivity index (χ4n) is 2.85. The molecule has 0 saturated heterocycles. The molecule has 0 heterocycles. The van der Waals surface area contributed by atoms with Crippen molar-refractivity contribution in [3.63, 3.8) is 0 Å². The largest absolute Gasteiger partial charge is 0.327 e. The molecule has 0 aromatic heterocycles. The van der Waals surface area contributed by atoms with E-state index in [4.69, 9.17) is 5.73 Å². The van der Waals surface area contributed by atoms with Gasteiger partial charge in [-0.25, -0.2) is 4.39 Å². The summed E-state index contributed by atoms with van der Waals surface area (Å²) in [6.45, 7) is 0. The van der Waals surface area contributed by atoms with E-state index in [1.54, 1.807) is 11.8 Å². The fourth-order valence-corrected chi connectivity index (χ4v) is 3.70. The zero-order valence-corrected chi connectivity index (χ0v) is 12.8. The van der Waals surface area contributed by atoms with Crippen molar-refractivity contribution in [1.29, 1.82) is 0 Å². The van der Waals surface area contributed by atoms with E-state index in [9.17, 15) is 4.39 Å². The van der Waals surface area contributed by atoms with Crippen LogP contribution in [0.1, 0.15) is 23.1 Å². The van der Waals surface area contributed by atoms with E-state index in [0.29, 0.717) is 0 Å². The van der Waals surface area contributed by atoms with Crippen LogP contribution in [0.2, 0.25) is 0 Å². The molecule has 0 bridgehead atoms. The summed E-state index contributed by atoms with van der Waals surface area (Å²) in [7, 11) is 0. The minimum atomic E-state index is -0.193. The van der Waals surface area contributed by atoms with Crippen LogP contribution in [0.5, 0.6) is 0 Å². The second-order valence-corrected chi connectivity index (χ2v) is 6.78. The molecule has 3 heteroatoms. The summed E-state index contributed by atoms with van der Waals surface area (Å²) in [5, 5.41) is 0. The van der Waals surface area contributed by atoms with Gasteiger partial charge in [-0.2, -0.15) is 0 Å². The van der Waals surface area contributed by atoms with Crippen molar-refractivity contribution < 1.29 is 4.39 Å². The Morgan fingerprint density at radius 3 is 2.62 bits per heavy atom. The number of hydrogen-bond acceptors (Lipinski definition) is 2. The van der Waals surface area contributed by atoms with Gasteiger partial charge in [-0.05, 0) is 66.6 Å². The lowest BCUT2D eigenvalue weighted by atomic mass is 10.0. The van der Waals surface area contributed by atoms with Crippen LogP contribution in [0.25, 0.3) is 0 Å². The zero-order chi connectivity index (χ0) is 14.7. The van der Waals surface area contributed by atoms with Gasteiger partial charge in [0.25, 0.3) is 0 Å². The highest BCUT2D eigenvalue weighted by Gasteiger charge is 2.12. The van der Waals surface area contributed by atoms with Gasteiger partial charge in [0, 0.05) is 16.7 Å². The van der Waals surface area contributed by atoms with Gasteiger partial charge < -0.3 is 5.73 Å². The van der Waals surface area contributed by atoms with Gasteiger partial charge in [-0.1, -0.05) is 18.2 Å². The summed E-state index contributed by atoms with van der Waals surface area (Å²) in [6, 6.07) is 13.5. The topological polar surface area (TPSA) is 26.0 Å². The Hall–Kier alpha value is -1.32. The molecule has 21 heavy (non-hydrogen) atoms. The Labute approximate surface area is 129 Å². The first-order valence-corrected chi connectivity index (χ1v) is 8.44. The van der Waals surface area contributed by atoms with Crippen LogP contribution in [-0.4, -0.2) is 11.8 Å². The van der Waals surface area contributed by atoms with E-state index < -0.39 is 0 Å². The second kappa shape index (κ2) is 6.63. The number of fused-ring (bicyclic) bond motifs is 1. The molecule has 0 fully saturated rings. The van der Waals surface area contributed by atoms with Crippen molar-refractivity contribution in [3.05, 3.63) is 65.0 Å². The Balaban J connectivity index is 1.54. The highest BCUT2D eigenvalue weighted by Crippen LogP contribution is 2.24. The Bertz CT molecular complexity index is 609. The number of nitrogens with two attached hydrogens (primary N) is 1. The number of benzene rings is 2. The van der Waals surface area contributed by atoms with Gasteiger partial charge in [-0.15, -0.1) is 11.8 Å². The summed E-state index contributed by atoms with van der Waals surface area (Å²) in [5.74, 6) is 0.657. The highest BCUT2D eigenvalue weighted by atomic mass is 32.2.